The van der Waals surface area contributed by atoms with Gasteiger partial charge in [0.1, 0.15) is 17.2 Å². The van der Waals surface area contributed by atoms with E-state index in [1.165, 1.54) is 0 Å². The Morgan fingerprint density at radius 2 is 1.68 bits per heavy atom. The van der Waals surface area contributed by atoms with Crippen molar-refractivity contribution in [1.29, 1.82) is 0 Å². The zero-order valence-corrected chi connectivity index (χ0v) is 17.1. The zero-order chi connectivity index (χ0) is 18.2. The van der Waals surface area contributed by atoms with Crippen molar-refractivity contribution < 1.29 is 19.0 Å². The molecular weight excluding hydrogens is 454 g/mol. The first-order valence-electron chi connectivity index (χ1n) is 7.80. The van der Waals surface area contributed by atoms with Crippen molar-refractivity contribution >= 4 is 43.5 Å². The fourth-order valence-electron chi connectivity index (χ4n) is 2.07. The summed E-state index contributed by atoms with van der Waals surface area (Å²) in [6.45, 7) is 4.71. The molecule has 0 aromatic heterocycles. The number of carbonyl (C=O) groups is 1. The monoisotopic (exact) mass is 471 g/mol. The quantitative estimate of drug-likeness (QED) is 0.585. The summed E-state index contributed by atoms with van der Waals surface area (Å²) in [5.41, 5.74) is 0.552. The number of benzene rings is 2. The minimum atomic E-state index is -0.288. The van der Waals surface area contributed by atoms with Gasteiger partial charge in [-0.05, 0) is 60.1 Å². The highest BCUT2D eigenvalue weighted by Gasteiger charge is 2.11. The molecule has 25 heavy (non-hydrogen) atoms. The molecule has 5 nitrogen and oxygen atoms in total. The Hall–Kier alpha value is -1.73. The van der Waals surface area contributed by atoms with Crippen LogP contribution < -0.4 is 19.5 Å². The van der Waals surface area contributed by atoms with Gasteiger partial charge in [-0.2, -0.15) is 0 Å². The number of anilines is 1. The van der Waals surface area contributed by atoms with Gasteiger partial charge in [-0.15, -0.1) is 0 Å². The number of ether oxygens (including phenoxy) is 3. The molecule has 0 fully saturated rings. The predicted molar refractivity (Wildman–Crippen MR) is 105 cm³/mol. The summed E-state index contributed by atoms with van der Waals surface area (Å²) in [5, 5.41) is 2.80. The van der Waals surface area contributed by atoms with Crippen LogP contribution in [0.15, 0.2) is 45.3 Å². The van der Waals surface area contributed by atoms with Gasteiger partial charge in [0.25, 0.3) is 5.91 Å². The van der Waals surface area contributed by atoms with Gasteiger partial charge in [-0.1, -0.05) is 15.9 Å². The van der Waals surface area contributed by atoms with Gasteiger partial charge < -0.3 is 19.5 Å². The summed E-state index contributed by atoms with van der Waals surface area (Å²) in [7, 11) is 0. The van der Waals surface area contributed by atoms with Crippen molar-refractivity contribution in [2.75, 3.05) is 25.1 Å². The third-order valence-corrected chi connectivity index (χ3v) is 4.20. The van der Waals surface area contributed by atoms with E-state index in [1.54, 1.807) is 24.3 Å². The van der Waals surface area contributed by atoms with Crippen LogP contribution in [0.1, 0.15) is 13.8 Å². The number of nitrogens with one attached hydrogen (secondary N) is 1. The van der Waals surface area contributed by atoms with E-state index in [2.05, 4.69) is 37.2 Å². The topological polar surface area (TPSA) is 56.8 Å². The summed E-state index contributed by atoms with van der Waals surface area (Å²) in [6.07, 6.45) is 0. The van der Waals surface area contributed by atoms with Crippen molar-refractivity contribution in [3.8, 4) is 17.2 Å². The van der Waals surface area contributed by atoms with E-state index < -0.39 is 0 Å². The third kappa shape index (κ3) is 5.93. The maximum atomic E-state index is 12.2. The minimum Gasteiger partial charge on any atom is -0.494 e. The first-order chi connectivity index (χ1) is 12.0. The largest absolute Gasteiger partial charge is 0.494 e. The van der Waals surface area contributed by atoms with Crippen LogP contribution in [0, 0.1) is 0 Å². The molecule has 7 heteroatoms. The van der Waals surface area contributed by atoms with E-state index in [9.17, 15) is 4.79 Å². The average molecular weight is 473 g/mol. The Labute approximate surface area is 163 Å². The Morgan fingerprint density at radius 1 is 0.960 bits per heavy atom. The summed E-state index contributed by atoms with van der Waals surface area (Å²) >= 11 is 6.77. The lowest BCUT2D eigenvalue weighted by Gasteiger charge is -2.14. The highest BCUT2D eigenvalue weighted by atomic mass is 79.9. The van der Waals surface area contributed by atoms with Crippen LogP contribution in [0.25, 0.3) is 0 Å². The number of amides is 1. The summed E-state index contributed by atoms with van der Waals surface area (Å²) in [4.78, 5) is 12.2. The van der Waals surface area contributed by atoms with Crippen LogP contribution in [-0.4, -0.2) is 25.7 Å². The summed E-state index contributed by atoms with van der Waals surface area (Å²) in [5.74, 6) is 1.55. The number of carbonyl (C=O) groups excluding carboxylic acids is 1. The van der Waals surface area contributed by atoms with Crippen LogP contribution in [-0.2, 0) is 4.79 Å². The summed E-state index contributed by atoms with van der Waals surface area (Å²) in [6, 6.07) is 10.8. The molecule has 0 aliphatic heterocycles. The number of rotatable bonds is 8. The zero-order valence-electron chi connectivity index (χ0n) is 14.0. The maximum Gasteiger partial charge on any atom is 0.262 e. The molecule has 0 aliphatic carbocycles. The van der Waals surface area contributed by atoms with Crippen molar-refractivity contribution in [3.63, 3.8) is 0 Å². The first kappa shape index (κ1) is 19.6. The second kappa shape index (κ2) is 9.68. The van der Waals surface area contributed by atoms with Gasteiger partial charge in [0.15, 0.2) is 6.61 Å². The molecule has 0 atom stereocenters. The Morgan fingerprint density at radius 3 is 2.36 bits per heavy atom. The second-order valence-corrected chi connectivity index (χ2v) is 6.71. The molecule has 2 aromatic carbocycles. The molecule has 0 radical (unpaired) electrons. The van der Waals surface area contributed by atoms with E-state index >= 15 is 0 Å². The fourth-order valence-corrected chi connectivity index (χ4v) is 3.23. The van der Waals surface area contributed by atoms with Gasteiger partial charge in [-0.25, -0.2) is 0 Å². The highest BCUT2D eigenvalue weighted by Crippen LogP contribution is 2.30. The van der Waals surface area contributed by atoms with Crippen LogP contribution in [0.2, 0.25) is 0 Å². The Kier molecular flexibility index (Phi) is 7.58. The molecule has 1 N–H and O–H groups in total. The molecular formula is C18H19Br2NO4. The van der Waals surface area contributed by atoms with Crippen LogP contribution in [0.5, 0.6) is 17.2 Å². The Balaban J connectivity index is 2.04. The van der Waals surface area contributed by atoms with Gasteiger partial charge in [0, 0.05) is 10.5 Å². The van der Waals surface area contributed by atoms with Crippen molar-refractivity contribution in [2.45, 2.75) is 13.8 Å². The molecule has 2 aromatic rings. The normalized spacial score (nSPS) is 10.2. The first-order valence-corrected chi connectivity index (χ1v) is 9.39. The van der Waals surface area contributed by atoms with Crippen LogP contribution >= 0.6 is 31.9 Å². The second-order valence-electron chi connectivity index (χ2n) is 4.94. The van der Waals surface area contributed by atoms with Gasteiger partial charge >= 0.3 is 0 Å². The number of hydrogen-bond donors (Lipinski definition) is 1. The molecule has 2 rings (SSSR count). The lowest BCUT2D eigenvalue weighted by molar-refractivity contribution is -0.118. The van der Waals surface area contributed by atoms with Gasteiger partial charge in [-0.3, -0.25) is 4.79 Å². The van der Waals surface area contributed by atoms with E-state index in [-0.39, 0.29) is 12.5 Å². The number of hydrogen-bond acceptors (Lipinski definition) is 4. The average Bonchev–Trinajstić information content (AvgIpc) is 2.57. The molecule has 0 heterocycles. The molecule has 0 bridgehead atoms. The van der Waals surface area contributed by atoms with E-state index in [0.717, 1.165) is 8.95 Å². The van der Waals surface area contributed by atoms with Crippen LogP contribution in [0.3, 0.4) is 0 Å². The Bertz CT molecular complexity index is 737. The molecule has 0 aliphatic rings. The van der Waals surface area contributed by atoms with Crippen molar-refractivity contribution in [3.05, 3.63) is 45.3 Å². The molecule has 0 unspecified atom stereocenters. The van der Waals surface area contributed by atoms with E-state index in [0.29, 0.717) is 36.1 Å². The lowest BCUT2D eigenvalue weighted by atomic mass is 10.2. The fraction of sp³-hybridized carbons (Fsp3) is 0.278. The third-order valence-electron chi connectivity index (χ3n) is 3.09. The molecule has 134 valence electrons. The minimum absolute atomic E-state index is 0.120. The standard InChI is InChI=1S/C18H19Br2NO4/c1-3-23-13-6-8-17(24-4-2)15(10-13)21-18(22)11-25-16-7-5-12(19)9-14(16)20/h5-10H,3-4,11H2,1-2H3,(H,21,22). The lowest BCUT2D eigenvalue weighted by Crippen LogP contribution is -2.20. The summed E-state index contributed by atoms with van der Waals surface area (Å²) < 4.78 is 18.3. The molecule has 0 spiro atoms. The SMILES string of the molecule is CCOc1ccc(OCC)c(NC(=O)COc2ccc(Br)cc2Br)c1. The van der Waals surface area contributed by atoms with Crippen LogP contribution in [0.4, 0.5) is 5.69 Å². The molecule has 0 saturated heterocycles. The van der Waals surface area contributed by atoms with E-state index in [4.69, 9.17) is 14.2 Å². The molecule has 0 saturated carbocycles. The van der Waals surface area contributed by atoms with E-state index in [1.807, 2.05) is 26.0 Å². The number of halogens is 2. The smallest absolute Gasteiger partial charge is 0.262 e. The van der Waals surface area contributed by atoms with Gasteiger partial charge in [0.05, 0.1) is 23.4 Å². The molecule has 1 amide bonds. The highest BCUT2D eigenvalue weighted by molar-refractivity contribution is 9.11. The van der Waals surface area contributed by atoms with Gasteiger partial charge in [0.2, 0.25) is 0 Å². The predicted octanol–water partition coefficient (Wildman–Crippen LogP) is 5.03. The maximum absolute atomic E-state index is 12.2. The van der Waals surface area contributed by atoms with Crippen molar-refractivity contribution in [1.82, 2.24) is 0 Å². The van der Waals surface area contributed by atoms with Crippen molar-refractivity contribution in [2.24, 2.45) is 0 Å².